The van der Waals surface area contributed by atoms with E-state index in [1.54, 1.807) is 7.05 Å². The van der Waals surface area contributed by atoms with Crippen molar-refractivity contribution in [3.63, 3.8) is 0 Å². The summed E-state index contributed by atoms with van der Waals surface area (Å²) in [4.78, 5) is 28.6. The number of rotatable bonds is 2. The molecule has 2 heterocycles. The Kier molecular flexibility index (Phi) is 5.61. The summed E-state index contributed by atoms with van der Waals surface area (Å²) in [7, 11) is 1.67. The van der Waals surface area contributed by atoms with Crippen molar-refractivity contribution in [1.82, 2.24) is 15.1 Å². The molecule has 2 saturated heterocycles. The molecule has 2 aliphatic rings. The van der Waals surface area contributed by atoms with Crippen LogP contribution >= 0.6 is 0 Å². The van der Waals surface area contributed by atoms with Gasteiger partial charge >= 0.3 is 6.03 Å². The fourth-order valence-electron chi connectivity index (χ4n) is 3.91. The number of nitrogens with one attached hydrogen (secondary N) is 1. The van der Waals surface area contributed by atoms with E-state index in [-0.39, 0.29) is 11.9 Å². The van der Waals surface area contributed by atoms with Gasteiger partial charge < -0.3 is 15.1 Å². The summed E-state index contributed by atoms with van der Waals surface area (Å²) in [6, 6.07) is 8.02. The SMILES string of the molecule is CNC(=O)N1CCC[C@@H](c2cccc(C(=O)N3CCC(C)CC3)c2)C1. The van der Waals surface area contributed by atoms with Crippen molar-refractivity contribution >= 4 is 11.9 Å². The predicted molar refractivity (Wildman–Crippen MR) is 98.7 cm³/mol. The van der Waals surface area contributed by atoms with Gasteiger partial charge in [0.15, 0.2) is 0 Å². The molecule has 1 N–H and O–H groups in total. The molecule has 5 nitrogen and oxygen atoms in total. The van der Waals surface area contributed by atoms with E-state index in [2.05, 4.69) is 18.3 Å². The van der Waals surface area contributed by atoms with Gasteiger partial charge in [0.25, 0.3) is 5.91 Å². The Hall–Kier alpha value is -2.04. The molecule has 25 heavy (non-hydrogen) atoms. The van der Waals surface area contributed by atoms with Gasteiger partial charge in [-0.15, -0.1) is 0 Å². The van der Waals surface area contributed by atoms with E-state index in [1.807, 2.05) is 28.0 Å². The molecular formula is C20H29N3O2. The van der Waals surface area contributed by atoms with E-state index in [0.717, 1.165) is 57.4 Å². The van der Waals surface area contributed by atoms with Crippen LogP contribution in [-0.4, -0.2) is 55.0 Å². The molecule has 0 aromatic heterocycles. The summed E-state index contributed by atoms with van der Waals surface area (Å²) >= 11 is 0. The average molecular weight is 343 g/mol. The number of carbonyl (C=O) groups is 2. The van der Waals surface area contributed by atoms with Crippen LogP contribution in [0.15, 0.2) is 24.3 Å². The Labute approximate surface area is 150 Å². The molecular weight excluding hydrogens is 314 g/mol. The van der Waals surface area contributed by atoms with Gasteiger partial charge in [0.1, 0.15) is 0 Å². The van der Waals surface area contributed by atoms with Crippen LogP contribution in [0.2, 0.25) is 0 Å². The van der Waals surface area contributed by atoms with E-state index in [1.165, 1.54) is 5.56 Å². The molecule has 0 bridgehead atoms. The van der Waals surface area contributed by atoms with Gasteiger partial charge in [0.05, 0.1) is 0 Å². The summed E-state index contributed by atoms with van der Waals surface area (Å²) in [5.41, 5.74) is 1.95. The second-order valence-corrected chi connectivity index (χ2v) is 7.44. The number of urea groups is 1. The first-order valence-electron chi connectivity index (χ1n) is 9.44. The van der Waals surface area contributed by atoms with E-state index < -0.39 is 0 Å². The van der Waals surface area contributed by atoms with Crippen LogP contribution in [0, 0.1) is 5.92 Å². The monoisotopic (exact) mass is 343 g/mol. The fraction of sp³-hybridized carbons (Fsp3) is 0.600. The Morgan fingerprint density at radius 2 is 1.84 bits per heavy atom. The molecule has 1 atom stereocenters. The number of nitrogens with zero attached hydrogens (tertiary/aromatic N) is 2. The van der Waals surface area contributed by atoms with E-state index in [4.69, 9.17) is 0 Å². The van der Waals surface area contributed by atoms with Crippen LogP contribution in [0.25, 0.3) is 0 Å². The van der Waals surface area contributed by atoms with Gasteiger partial charge in [0, 0.05) is 44.7 Å². The highest BCUT2D eigenvalue weighted by molar-refractivity contribution is 5.94. The molecule has 136 valence electrons. The number of carbonyl (C=O) groups excluding carboxylic acids is 2. The maximum atomic E-state index is 12.8. The highest BCUT2D eigenvalue weighted by Crippen LogP contribution is 2.28. The summed E-state index contributed by atoms with van der Waals surface area (Å²) < 4.78 is 0. The van der Waals surface area contributed by atoms with Crippen molar-refractivity contribution < 1.29 is 9.59 Å². The zero-order valence-corrected chi connectivity index (χ0v) is 15.3. The molecule has 3 rings (SSSR count). The minimum atomic E-state index is -0.0145. The Morgan fingerprint density at radius 3 is 2.56 bits per heavy atom. The van der Waals surface area contributed by atoms with Crippen LogP contribution in [0.1, 0.15) is 54.4 Å². The first-order valence-corrected chi connectivity index (χ1v) is 9.44. The Morgan fingerprint density at radius 1 is 1.08 bits per heavy atom. The second kappa shape index (κ2) is 7.89. The standard InChI is InChI=1S/C20H29N3O2/c1-15-8-11-22(12-9-15)19(24)17-6-3-5-16(13-17)18-7-4-10-23(14-18)20(25)21-2/h3,5-6,13,15,18H,4,7-12,14H2,1-2H3,(H,21,25)/t18-/m1/s1. The van der Waals surface area contributed by atoms with Crippen LogP contribution in [0.3, 0.4) is 0 Å². The summed E-state index contributed by atoms with van der Waals surface area (Å²) in [6.07, 6.45) is 4.25. The molecule has 3 amide bonds. The molecule has 0 spiro atoms. The van der Waals surface area contributed by atoms with Crippen LogP contribution in [0.5, 0.6) is 0 Å². The van der Waals surface area contributed by atoms with E-state index >= 15 is 0 Å². The Bertz CT molecular complexity index is 623. The number of piperidine rings is 2. The van der Waals surface area contributed by atoms with Crippen molar-refractivity contribution in [1.29, 1.82) is 0 Å². The van der Waals surface area contributed by atoms with E-state index in [9.17, 15) is 9.59 Å². The third-order valence-corrected chi connectivity index (χ3v) is 5.60. The summed E-state index contributed by atoms with van der Waals surface area (Å²) in [6.45, 7) is 5.50. The lowest BCUT2D eigenvalue weighted by atomic mass is 9.89. The maximum absolute atomic E-state index is 12.8. The molecule has 0 aliphatic carbocycles. The van der Waals surface area contributed by atoms with Gasteiger partial charge in [-0.05, 0) is 49.3 Å². The third-order valence-electron chi connectivity index (χ3n) is 5.60. The molecule has 1 aromatic rings. The molecule has 0 saturated carbocycles. The quantitative estimate of drug-likeness (QED) is 0.897. The van der Waals surface area contributed by atoms with Crippen molar-refractivity contribution in [2.45, 2.75) is 38.5 Å². The smallest absolute Gasteiger partial charge is 0.317 e. The number of hydrogen-bond donors (Lipinski definition) is 1. The van der Waals surface area contributed by atoms with Crippen LogP contribution in [0.4, 0.5) is 4.79 Å². The topological polar surface area (TPSA) is 52.7 Å². The van der Waals surface area contributed by atoms with Gasteiger partial charge in [-0.2, -0.15) is 0 Å². The van der Waals surface area contributed by atoms with Gasteiger partial charge in [-0.3, -0.25) is 4.79 Å². The first-order chi connectivity index (χ1) is 12.1. The highest BCUT2D eigenvalue weighted by Gasteiger charge is 2.26. The molecule has 2 fully saturated rings. The number of hydrogen-bond acceptors (Lipinski definition) is 2. The molecule has 2 aliphatic heterocycles. The van der Waals surface area contributed by atoms with Gasteiger partial charge in [-0.25, -0.2) is 4.79 Å². The van der Waals surface area contributed by atoms with E-state index in [0.29, 0.717) is 11.8 Å². The predicted octanol–water partition coefficient (Wildman–Crippen LogP) is 3.08. The lowest BCUT2D eigenvalue weighted by Crippen LogP contribution is -2.43. The average Bonchev–Trinajstić information content (AvgIpc) is 2.67. The number of amides is 3. The molecule has 0 unspecified atom stereocenters. The van der Waals surface area contributed by atoms with Crippen molar-refractivity contribution in [3.8, 4) is 0 Å². The van der Waals surface area contributed by atoms with Gasteiger partial charge in [-0.1, -0.05) is 19.1 Å². The summed E-state index contributed by atoms with van der Waals surface area (Å²) in [5, 5.41) is 2.71. The minimum Gasteiger partial charge on any atom is -0.341 e. The fourth-order valence-corrected chi connectivity index (χ4v) is 3.91. The molecule has 0 radical (unpaired) electrons. The van der Waals surface area contributed by atoms with Crippen molar-refractivity contribution in [2.24, 2.45) is 5.92 Å². The largest absolute Gasteiger partial charge is 0.341 e. The first kappa shape index (κ1) is 17.8. The zero-order valence-electron chi connectivity index (χ0n) is 15.3. The Balaban J connectivity index is 1.70. The van der Waals surface area contributed by atoms with Crippen LogP contribution in [-0.2, 0) is 0 Å². The second-order valence-electron chi connectivity index (χ2n) is 7.44. The molecule has 1 aromatic carbocycles. The molecule has 5 heteroatoms. The minimum absolute atomic E-state index is 0.0145. The van der Waals surface area contributed by atoms with Gasteiger partial charge in [0.2, 0.25) is 0 Å². The number of benzene rings is 1. The van der Waals surface area contributed by atoms with Crippen LogP contribution < -0.4 is 5.32 Å². The third kappa shape index (κ3) is 4.14. The number of likely N-dealkylation sites (tertiary alicyclic amines) is 2. The zero-order chi connectivity index (χ0) is 17.8. The van der Waals surface area contributed by atoms with Crippen molar-refractivity contribution in [2.75, 3.05) is 33.2 Å². The highest BCUT2D eigenvalue weighted by atomic mass is 16.2. The van der Waals surface area contributed by atoms with Crippen molar-refractivity contribution in [3.05, 3.63) is 35.4 Å². The lowest BCUT2D eigenvalue weighted by molar-refractivity contribution is 0.0697. The normalized spacial score (nSPS) is 21.9. The summed E-state index contributed by atoms with van der Waals surface area (Å²) in [5.74, 6) is 1.17. The lowest BCUT2D eigenvalue weighted by Gasteiger charge is -2.33. The maximum Gasteiger partial charge on any atom is 0.317 e.